The Morgan fingerprint density at radius 3 is 0.465 bits per heavy atom. The van der Waals surface area contributed by atoms with Gasteiger partial charge < -0.3 is 0 Å². The van der Waals surface area contributed by atoms with E-state index in [1.165, 1.54) is 167 Å². The van der Waals surface area contributed by atoms with Crippen LogP contribution in [0.15, 0.2) is 213 Å². The van der Waals surface area contributed by atoms with Crippen molar-refractivity contribution in [1.82, 2.24) is 19.9 Å². The van der Waals surface area contributed by atoms with Crippen LogP contribution in [0.3, 0.4) is 0 Å². The summed E-state index contributed by atoms with van der Waals surface area (Å²) in [5.41, 5.74) is 37.3. The molecule has 774 valence electrons. The lowest BCUT2D eigenvalue weighted by atomic mass is 9.97. The SMILES string of the molecule is CC(C)C1=Nc2cc(C(C)C)ccc2C1.CC(C)C1=Nc2cc(C(C)C)ccc2C1.CC(C)C1=Nc2cc(C(C)C)ccc2C1.CC(C)C1=Nc2cc(C(C)C)ccc2C1.CC(C)c1ccc(C(C)C)cc1.CC(C)c1ccc(C(C)C)cc1.CC(C)c1ccc(C(C)C)cc1.CC(C)c1ccc(C(C)C)nc1.CC(C)c1ccc(C(C)C)nc1.CC(C)c1csc(C(C)C)n1.CC(C)c1csc(C(C)C)n1. The quantitative estimate of drug-likeness (QED) is 0.0674. The van der Waals surface area contributed by atoms with Crippen molar-refractivity contribution < 1.29 is 0 Å². The first kappa shape index (κ1) is 123. The zero-order valence-electron chi connectivity index (χ0n) is 97.4. The molecule has 0 N–H and O–H groups in total. The van der Waals surface area contributed by atoms with Crippen molar-refractivity contribution in [3.05, 3.63) is 315 Å². The molecule has 0 saturated carbocycles. The normalized spacial score (nSPS) is 12.7. The van der Waals surface area contributed by atoms with Gasteiger partial charge in [0.2, 0.25) is 0 Å². The fraction of sp³-hybridized carbons (Fsp3) is 0.530. The molecule has 10 heteroatoms. The molecule has 0 radical (unpaired) electrons. The first-order valence-corrected chi connectivity index (χ1v) is 56.3. The zero-order valence-corrected chi connectivity index (χ0v) is 99.0. The Hall–Kier alpha value is -9.22. The Labute approximate surface area is 877 Å². The largest absolute Gasteiger partial charge is 0.261 e. The molecule has 0 amide bonds. The summed E-state index contributed by atoms with van der Waals surface area (Å²) in [4.78, 5) is 36.7. The van der Waals surface area contributed by atoms with Gasteiger partial charge in [0, 0.05) is 94.9 Å². The number of aliphatic imine (C=N–C) groups is 4. The third-order valence-corrected chi connectivity index (χ3v) is 28.8. The van der Waals surface area contributed by atoms with E-state index in [9.17, 15) is 0 Å². The average molecular weight is 1960 g/mol. The zero-order chi connectivity index (χ0) is 107. The number of hydrogen-bond donors (Lipinski definition) is 0. The molecule has 0 spiro atoms. The highest BCUT2D eigenvalue weighted by Gasteiger charge is 2.23. The van der Waals surface area contributed by atoms with Gasteiger partial charge in [-0.15, -0.1) is 22.7 Å². The molecule has 4 aromatic heterocycles. The second-order valence-electron chi connectivity index (χ2n) is 46.3. The summed E-state index contributed by atoms with van der Waals surface area (Å²) in [6.45, 7) is 97.1. The molecule has 0 bridgehead atoms. The first-order chi connectivity index (χ1) is 66.6. The smallest absolute Gasteiger partial charge is 0.0953 e. The van der Waals surface area contributed by atoms with Gasteiger partial charge in [-0.05, 0) is 244 Å². The molecule has 0 aliphatic carbocycles. The number of nitrogens with zero attached hydrogens (tertiary/aromatic N) is 8. The van der Waals surface area contributed by atoms with Crippen LogP contribution >= 0.6 is 22.7 Å². The van der Waals surface area contributed by atoms with E-state index in [1.54, 1.807) is 22.7 Å². The Bertz CT molecular complexity index is 4730. The molecule has 0 fully saturated rings. The molecule has 7 aromatic carbocycles. The van der Waals surface area contributed by atoms with E-state index in [0.29, 0.717) is 130 Å². The third-order valence-electron chi connectivity index (χ3n) is 26.5. The van der Waals surface area contributed by atoms with Gasteiger partial charge in [0.05, 0.1) is 44.2 Å². The average Bonchev–Trinajstić information content (AvgIpc) is 1.68. The van der Waals surface area contributed by atoms with E-state index in [1.807, 2.05) is 12.4 Å². The topological polar surface area (TPSA) is 101 Å². The highest BCUT2D eigenvalue weighted by atomic mass is 32.1. The van der Waals surface area contributed by atoms with Gasteiger partial charge in [-0.2, -0.15) is 0 Å². The van der Waals surface area contributed by atoms with E-state index in [4.69, 9.17) is 20.0 Å². The summed E-state index contributed by atoms with van der Waals surface area (Å²) < 4.78 is 0. The standard InChI is InChI=1S/4C14H19N.3C12H18.2C11H17N.2C9H15NS/c4*1-9(2)11-5-6-12-8-13(10(3)4)15-14(12)7-11;3*1-9(2)11-5-7-12(8-6-11)10(3)4;2*1-8(2)10-5-6-11(9(3)4)12-7-10;2*1-6(2)8-5-11-9(10-8)7(3)4/h4*5-7,9-10H,8H2,1-4H3;3*5-10H,1-4H3;2*5-9H,1-4H3;2*5-7H,1-4H3. The minimum absolute atomic E-state index is 0.534. The van der Waals surface area contributed by atoms with Gasteiger partial charge in [0.15, 0.2) is 0 Å². The predicted octanol–water partition coefficient (Wildman–Crippen LogP) is 41.6. The van der Waals surface area contributed by atoms with Crippen LogP contribution in [0.25, 0.3) is 0 Å². The van der Waals surface area contributed by atoms with Gasteiger partial charge in [0.1, 0.15) is 0 Å². The first-order valence-electron chi connectivity index (χ1n) is 54.5. The van der Waals surface area contributed by atoms with Crippen molar-refractivity contribution in [3.63, 3.8) is 0 Å². The highest BCUT2D eigenvalue weighted by Crippen LogP contribution is 2.38. The lowest BCUT2D eigenvalue weighted by molar-refractivity contribution is 0.792. The molecule has 142 heavy (non-hydrogen) atoms. The number of fused-ring (bicyclic) bond motifs is 4. The Balaban J connectivity index is 0.000000276. The lowest BCUT2D eigenvalue weighted by Gasteiger charge is -2.08. The van der Waals surface area contributed by atoms with Crippen molar-refractivity contribution in [2.24, 2.45) is 43.6 Å². The molecular weight excluding hydrogens is 1760 g/mol. The predicted molar refractivity (Wildman–Crippen MR) is 634 cm³/mol. The van der Waals surface area contributed by atoms with E-state index in [2.05, 4.69) is 505 Å². The van der Waals surface area contributed by atoms with Crippen LogP contribution < -0.4 is 0 Å². The van der Waals surface area contributed by atoms with Crippen molar-refractivity contribution in [2.45, 2.75) is 437 Å². The number of rotatable bonds is 22. The number of pyridine rings is 2. The van der Waals surface area contributed by atoms with Gasteiger partial charge in [-0.3, -0.25) is 29.9 Å². The van der Waals surface area contributed by atoms with Crippen LogP contribution in [0.1, 0.15) is 533 Å². The van der Waals surface area contributed by atoms with Crippen molar-refractivity contribution in [2.75, 3.05) is 0 Å². The summed E-state index contributed by atoms with van der Waals surface area (Å²) in [5, 5.41) is 6.85. The highest BCUT2D eigenvalue weighted by molar-refractivity contribution is 7.10. The van der Waals surface area contributed by atoms with Gasteiger partial charge in [-0.1, -0.05) is 438 Å². The van der Waals surface area contributed by atoms with Gasteiger partial charge >= 0.3 is 0 Å². The van der Waals surface area contributed by atoms with Crippen LogP contribution in [0.4, 0.5) is 22.7 Å². The molecule has 4 aliphatic rings. The maximum Gasteiger partial charge on any atom is 0.0953 e. The molecule has 11 aromatic rings. The summed E-state index contributed by atoms with van der Waals surface area (Å²) in [7, 11) is 0. The Kier molecular flexibility index (Phi) is 52.6. The van der Waals surface area contributed by atoms with Gasteiger partial charge in [-0.25, -0.2) is 9.97 Å². The monoisotopic (exact) mass is 1960 g/mol. The van der Waals surface area contributed by atoms with Crippen LogP contribution in [0.2, 0.25) is 0 Å². The van der Waals surface area contributed by atoms with Crippen molar-refractivity contribution in [1.29, 1.82) is 0 Å². The Morgan fingerprint density at radius 2 is 0.338 bits per heavy atom. The maximum atomic E-state index is 4.71. The van der Waals surface area contributed by atoms with Gasteiger partial charge in [0.25, 0.3) is 0 Å². The molecule has 0 atom stereocenters. The Morgan fingerprint density at radius 1 is 0.169 bits per heavy atom. The minimum atomic E-state index is 0.534. The van der Waals surface area contributed by atoms with Crippen molar-refractivity contribution >= 4 is 68.3 Å². The number of aromatic nitrogens is 4. The van der Waals surface area contributed by atoms with Crippen LogP contribution in [0.5, 0.6) is 0 Å². The van der Waals surface area contributed by atoms with E-state index >= 15 is 0 Å². The second-order valence-corrected chi connectivity index (χ2v) is 48.1. The fourth-order valence-corrected chi connectivity index (χ4v) is 17.3. The molecule has 0 unspecified atom stereocenters. The van der Waals surface area contributed by atoms with E-state index in [-0.39, 0.29) is 0 Å². The molecule has 0 saturated heterocycles. The minimum Gasteiger partial charge on any atom is -0.261 e. The van der Waals surface area contributed by atoms with Crippen LogP contribution in [0, 0.1) is 23.7 Å². The summed E-state index contributed by atoms with van der Waals surface area (Å²) >= 11 is 3.55. The number of hydrogen-bond acceptors (Lipinski definition) is 10. The summed E-state index contributed by atoms with van der Waals surface area (Å²) in [6.07, 6.45) is 8.16. The van der Waals surface area contributed by atoms with E-state index < -0.39 is 0 Å². The van der Waals surface area contributed by atoms with Crippen LogP contribution in [-0.2, 0) is 25.7 Å². The number of thiazole rings is 2. The van der Waals surface area contributed by atoms with E-state index in [0.717, 1.165) is 25.7 Å². The molecule has 15 rings (SSSR count). The summed E-state index contributed by atoms with van der Waals surface area (Å²) in [5.74, 6) is 13.0. The third kappa shape index (κ3) is 41.4. The molecule has 8 nitrogen and oxygen atoms in total. The molecule has 8 heterocycles. The second kappa shape index (κ2) is 60.6. The lowest BCUT2D eigenvalue weighted by Crippen LogP contribution is -2.06. The molecular formula is C132H194N8S2. The van der Waals surface area contributed by atoms with Crippen LogP contribution in [-0.4, -0.2) is 42.8 Å². The fourth-order valence-electron chi connectivity index (χ4n) is 15.3. The molecule has 4 aliphatic heterocycles. The summed E-state index contributed by atoms with van der Waals surface area (Å²) in [6, 6.07) is 62.3. The van der Waals surface area contributed by atoms with Crippen molar-refractivity contribution in [3.8, 4) is 0 Å². The maximum absolute atomic E-state index is 4.71. The number of benzene rings is 7.